The summed E-state index contributed by atoms with van der Waals surface area (Å²) in [6.45, 7) is 1.80. The van der Waals surface area contributed by atoms with Gasteiger partial charge in [-0.2, -0.15) is 5.10 Å². The molecule has 5 rings (SSSR count). The van der Waals surface area contributed by atoms with Crippen molar-refractivity contribution in [2.75, 3.05) is 6.61 Å². The van der Waals surface area contributed by atoms with Gasteiger partial charge in [-0.25, -0.2) is 9.59 Å². The van der Waals surface area contributed by atoms with Crippen molar-refractivity contribution < 1.29 is 29.0 Å². The van der Waals surface area contributed by atoms with E-state index in [0.29, 0.717) is 5.56 Å². The van der Waals surface area contributed by atoms with Gasteiger partial charge in [0.05, 0.1) is 18.9 Å². The first-order valence-corrected chi connectivity index (χ1v) is 13.6. The summed E-state index contributed by atoms with van der Waals surface area (Å²) in [5.41, 5.74) is 5.54. The SMILES string of the molecule is C[C@@H](OCc1ccccc1)[C@H](NC(=O)C(NC(=O)OCC1c2ccccc2-c2ccccc21)c1cnn(C)c1)C(=O)O. The molecule has 3 atom stereocenters. The van der Waals surface area contributed by atoms with Crippen molar-refractivity contribution in [3.05, 3.63) is 114 Å². The Labute approximate surface area is 243 Å². The third kappa shape index (κ3) is 6.34. The van der Waals surface area contributed by atoms with Crippen LogP contribution in [0.5, 0.6) is 0 Å². The monoisotopic (exact) mass is 568 g/mol. The molecule has 42 heavy (non-hydrogen) atoms. The minimum Gasteiger partial charge on any atom is -0.480 e. The van der Waals surface area contributed by atoms with Crippen LogP contribution >= 0.6 is 0 Å². The zero-order chi connectivity index (χ0) is 29.6. The summed E-state index contributed by atoms with van der Waals surface area (Å²) in [7, 11) is 1.67. The molecule has 1 aliphatic rings. The van der Waals surface area contributed by atoms with Gasteiger partial charge >= 0.3 is 12.1 Å². The highest BCUT2D eigenvalue weighted by atomic mass is 16.5. The minimum atomic E-state index is -1.37. The molecular weight excluding hydrogens is 536 g/mol. The largest absolute Gasteiger partial charge is 0.480 e. The average Bonchev–Trinajstić information content (AvgIpc) is 3.57. The Morgan fingerprint density at radius 2 is 1.55 bits per heavy atom. The van der Waals surface area contributed by atoms with Crippen molar-refractivity contribution in [2.45, 2.75) is 37.6 Å². The minimum absolute atomic E-state index is 0.0589. The van der Waals surface area contributed by atoms with Crippen LogP contribution in [0.15, 0.2) is 91.3 Å². The van der Waals surface area contributed by atoms with Crippen LogP contribution in [0.3, 0.4) is 0 Å². The fourth-order valence-corrected chi connectivity index (χ4v) is 5.16. The van der Waals surface area contributed by atoms with E-state index in [4.69, 9.17) is 9.47 Å². The molecule has 0 fully saturated rings. The number of rotatable bonds is 11. The first kappa shape index (κ1) is 28.6. The number of carbonyl (C=O) groups excluding carboxylic acids is 2. The molecule has 1 aliphatic carbocycles. The number of carboxylic acid groups (broad SMARTS) is 1. The molecule has 1 aromatic heterocycles. The van der Waals surface area contributed by atoms with Gasteiger partial charge in [0.15, 0.2) is 6.04 Å². The van der Waals surface area contributed by atoms with Crippen LogP contribution < -0.4 is 10.6 Å². The average molecular weight is 569 g/mol. The standard InChI is InChI=1S/C32H32N4O6/c1-20(41-18-21-10-4-3-5-11-21)28(31(38)39)34-30(37)29(22-16-33-36(2)17-22)35-32(40)42-19-27-25-14-8-6-12-23(25)24-13-7-9-15-26(24)27/h3-17,20,27-29H,18-19H2,1-2H3,(H,34,37)(H,35,40)(H,38,39)/t20-,28+,29?/m1/s1. The first-order chi connectivity index (χ1) is 20.3. The fraction of sp³-hybridized carbons (Fsp3) is 0.250. The van der Waals surface area contributed by atoms with Crippen LogP contribution in [0.2, 0.25) is 0 Å². The first-order valence-electron chi connectivity index (χ1n) is 13.6. The third-order valence-electron chi connectivity index (χ3n) is 7.32. The molecule has 4 aromatic rings. The maximum Gasteiger partial charge on any atom is 0.408 e. The molecule has 10 nitrogen and oxygen atoms in total. The third-order valence-corrected chi connectivity index (χ3v) is 7.32. The molecule has 3 aromatic carbocycles. The molecular formula is C32H32N4O6. The molecule has 3 N–H and O–H groups in total. The second-order valence-corrected chi connectivity index (χ2v) is 10.2. The van der Waals surface area contributed by atoms with Gasteiger partial charge in [0.25, 0.3) is 0 Å². The molecule has 0 spiro atoms. The van der Waals surface area contributed by atoms with Crippen molar-refractivity contribution in [3.8, 4) is 11.1 Å². The number of hydrogen-bond acceptors (Lipinski definition) is 6. The molecule has 2 amide bonds. The number of nitrogens with one attached hydrogen (secondary N) is 2. The summed E-state index contributed by atoms with van der Waals surface area (Å²) >= 11 is 0. The molecule has 0 aliphatic heterocycles. The second kappa shape index (κ2) is 12.7. The van der Waals surface area contributed by atoms with Crippen molar-refractivity contribution in [1.82, 2.24) is 20.4 Å². The van der Waals surface area contributed by atoms with Gasteiger partial charge in [-0.05, 0) is 34.7 Å². The summed E-state index contributed by atoms with van der Waals surface area (Å²) in [5, 5.41) is 19.1. The number of nitrogens with zero attached hydrogens (tertiary/aromatic N) is 2. The molecule has 0 saturated heterocycles. The summed E-state index contributed by atoms with van der Waals surface area (Å²) in [6.07, 6.45) is 1.31. The van der Waals surface area contributed by atoms with Crippen molar-refractivity contribution in [2.24, 2.45) is 7.05 Å². The number of aromatic nitrogens is 2. The number of carbonyl (C=O) groups is 3. The van der Waals surface area contributed by atoms with Gasteiger partial charge in [0, 0.05) is 24.7 Å². The lowest BCUT2D eigenvalue weighted by atomic mass is 9.98. The summed E-state index contributed by atoms with van der Waals surface area (Å²) < 4.78 is 12.9. The number of carboxylic acids is 1. The molecule has 1 heterocycles. The van der Waals surface area contributed by atoms with Crippen LogP contribution in [0.4, 0.5) is 4.79 Å². The van der Waals surface area contributed by atoms with E-state index in [1.807, 2.05) is 78.9 Å². The van der Waals surface area contributed by atoms with E-state index in [-0.39, 0.29) is 19.1 Å². The predicted molar refractivity (Wildman–Crippen MR) is 154 cm³/mol. The Kier molecular flexibility index (Phi) is 8.63. The van der Waals surface area contributed by atoms with Gasteiger partial charge < -0.3 is 25.2 Å². The summed E-state index contributed by atoms with van der Waals surface area (Å²) in [6, 6.07) is 22.6. The van der Waals surface area contributed by atoms with E-state index in [1.165, 1.54) is 10.9 Å². The van der Waals surface area contributed by atoms with Gasteiger partial charge in [0.1, 0.15) is 12.6 Å². The highest BCUT2D eigenvalue weighted by Gasteiger charge is 2.34. The van der Waals surface area contributed by atoms with Gasteiger partial charge in [-0.3, -0.25) is 9.48 Å². The zero-order valence-corrected chi connectivity index (χ0v) is 23.3. The lowest BCUT2D eigenvalue weighted by Gasteiger charge is -2.25. The van der Waals surface area contributed by atoms with Crippen LogP contribution in [-0.2, 0) is 32.7 Å². The lowest BCUT2D eigenvalue weighted by Crippen LogP contribution is -2.52. The van der Waals surface area contributed by atoms with E-state index >= 15 is 0 Å². The normalized spacial score (nSPS) is 14.2. The molecule has 0 saturated carbocycles. The topological polar surface area (TPSA) is 132 Å². The van der Waals surface area contributed by atoms with Gasteiger partial charge in [-0.15, -0.1) is 0 Å². The number of fused-ring (bicyclic) bond motifs is 3. The Morgan fingerprint density at radius 3 is 2.14 bits per heavy atom. The predicted octanol–water partition coefficient (Wildman–Crippen LogP) is 4.17. The zero-order valence-electron chi connectivity index (χ0n) is 23.3. The van der Waals surface area contributed by atoms with Gasteiger partial charge in [0.2, 0.25) is 5.91 Å². The second-order valence-electron chi connectivity index (χ2n) is 10.2. The van der Waals surface area contributed by atoms with E-state index in [9.17, 15) is 19.5 Å². The van der Waals surface area contributed by atoms with Crippen molar-refractivity contribution >= 4 is 18.0 Å². The molecule has 1 unspecified atom stereocenters. The number of aliphatic carboxylic acids is 1. The number of alkyl carbamates (subject to hydrolysis) is 1. The number of aryl methyl sites for hydroxylation is 1. The Morgan fingerprint density at radius 1 is 0.929 bits per heavy atom. The maximum atomic E-state index is 13.4. The summed E-state index contributed by atoms with van der Waals surface area (Å²) in [4.78, 5) is 38.6. The van der Waals surface area contributed by atoms with Crippen molar-refractivity contribution in [3.63, 3.8) is 0 Å². The molecule has 0 radical (unpaired) electrons. The highest BCUT2D eigenvalue weighted by Crippen LogP contribution is 2.44. The maximum absolute atomic E-state index is 13.4. The Hall–Kier alpha value is -4.96. The van der Waals surface area contributed by atoms with Crippen LogP contribution in [0.25, 0.3) is 11.1 Å². The number of amides is 2. The van der Waals surface area contributed by atoms with Gasteiger partial charge in [-0.1, -0.05) is 78.9 Å². The van der Waals surface area contributed by atoms with E-state index in [2.05, 4.69) is 15.7 Å². The number of hydrogen-bond donors (Lipinski definition) is 3. The molecule has 10 heteroatoms. The fourth-order valence-electron chi connectivity index (χ4n) is 5.16. The van der Waals surface area contributed by atoms with Crippen LogP contribution in [0.1, 0.15) is 41.1 Å². The number of benzene rings is 3. The van der Waals surface area contributed by atoms with Crippen LogP contribution in [0, 0.1) is 0 Å². The quantitative estimate of drug-likeness (QED) is 0.247. The lowest BCUT2D eigenvalue weighted by molar-refractivity contribution is -0.146. The Balaban J connectivity index is 1.27. The van der Waals surface area contributed by atoms with Crippen LogP contribution in [-0.4, -0.2) is 51.6 Å². The van der Waals surface area contributed by atoms with Crippen molar-refractivity contribution in [1.29, 1.82) is 0 Å². The van der Waals surface area contributed by atoms with E-state index in [0.717, 1.165) is 27.8 Å². The van der Waals surface area contributed by atoms with E-state index < -0.39 is 36.2 Å². The highest BCUT2D eigenvalue weighted by molar-refractivity contribution is 5.90. The molecule has 0 bridgehead atoms. The van der Waals surface area contributed by atoms with E-state index in [1.54, 1.807) is 20.2 Å². The molecule has 216 valence electrons. The smallest absolute Gasteiger partial charge is 0.408 e. The number of ether oxygens (including phenoxy) is 2. The Bertz CT molecular complexity index is 1520. The summed E-state index contributed by atoms with van der Waals surface area (Å²) in [5.74, 6) is -2.16.